The molecule has 188 valence electrons. The first kappa shape index (κ1) is 26.7. The number of likely N-dealkylation sites (N-methyl/N-ethyl adjacent to an activating group) is 1. The molecule has 35 heavy (non-hydrogen) atoms. The first-order valence-corrected chi connectivity index (χ1v) is 12.6. The standard InChI is InChI=1S/C24H28ClN3O6S/c1-15-18-13-20(25)22(34-24(30)28(4)5)14-21(18)33-23(29)19(15)12-16-7-6-8-17(11-16)35(31,32)26-9-10-27(2)3/h6-8,11,13-14,26H,9-10,12H2,1-5H3. The number of ether oxygens (including phenoxy) is 1. The number of halogens is 1. The molecular formula is C24H28ClN3O6S. The quantitative estimate of drug-likeness (QED) is 0.453. The summed E-state index contributed by atoms with van der Waals surface area (Å²) < 4.78 is 38.6. The Hall–Kier alpha value is -2.92. The van der Waals surface area contributed by atoms with Crippen molar-refractivity contribution in [1.82, 2.24) is 14.5 Å². The summed E-state index contributed by atoms with van der Waals surface area (Å²) in [6, 6.07) is 9.41. The van der Waals surface area contributed by atoms with Crippen LogP contribution < -0.4 is 15.1 Å². The summed E-state index contributed by atoms with van der Waals surface area (Å²) in [6.45, 7) is 2.61. The Morgan fingerprint density at radius 1 is 1.14 bits per heavy atom. The molecule has 0 atom stereocenters. The minimum Gasteiger partial charge on any atom is -0.422 e. The summed E-state index contributed by atoms with van der Waals surface area (Å²) in [6.07, 6.45) is -0.451. The Balaban J connectivity index is 1.93. The van der Waals surface area contributed by atoms with E-state index in [0.717, 1.165) is 0 Å². The highest BCUT2D eigenvalue weighted by Crippen LogP contribution is 2.32. The highest BCUT2D eigenvalue weighted by atomic mass is 35.5. The molecule has 0 unspecified atom stereocenters. The van der Waals surface area contributed by atoms with E-state index >= 15 is 0 Å². The van der Waals surface area contributed by atoms with Gasteiger partial charge in [-0.3, -0.25) is 0 Å². The third kappa shape index (κ3) is 6.40. The van der Waals surface area contributed by atoms with Crippen LogP contribution in [0.15, 0.2) is 50.5 Å². The molecule has 0 aliphatic carbocycles. The maximum Gasteiger partial charge on any atom is 0.414 e. The number of hydrogen-bond acceptors (Lipinski definition) is 7. The lowest BCUT2D eigenvalue weighted by Gasteiger charge is -2.14. The van der Waals surface area contributed by atoms with Crippen LogP contribution in [0.2, 0.25) is 5.02 Å². The van der Waals surface area contributed by atoms with Gasteiger partial charge in [-0.1, -0.05) is 23.7 Å². The predicted octanol–water partition coefficient (Wildman–Crippen LogP) is 3.25. The average Bonchev–Trinajstić information content (AvgIpc) is 2.77. The Bertz CT molecular complexity index is 1420. The predicted molar refractivity (Wildman–Crippen MR) is 135 cm³/mol. The van der Waals surface area contributed by atoms with Crippen LogP contribution >= 0.6 is 11.6 Å². The number of amides is 1. The van der Waals surface area contributed by atoms with Crippen LogP contribution in [0.4, 0.5) is 4.79 Å². The molecule has 0 aliphatic heterocycles. The maximum atomic E-state index is 12.8. The molecule has 0 saturated heterocycles. The van der Waals surface area contributed by atoms with Crippen LogP contribution in [0, 0.1) is 6.92 Å². The average molecular weight is 522 g/mol. The van der Waals surface area contributed by atoms with Gasteiger partial charge < -0.3 is 19.0 Å². The zero-order valence-electron chi connectivity index (χ0n) is 20.2. The van der Waals surface area contributed by atoms with Crippen LogP contribution in [0.25, 0.3) is 11.0 Å². The van der Waals surface area contributed by atoms with E-state index in [9.17, 15) is 18.0 Å². The molecular weight excluding hydrogens is 494 g/mol. The van der Waals surface area contributed by atoms with Gasteiger partial charge in [0.1, 0.15) is 5.58 Å². The number of nitrogens with one attached hydrogen (secondary N) is 1. The van der Waals surface area contributed by atoms with E-state index in [1.807, 2.05) is 19.0 Å². The molecule has 3 rings (SSSR count). The fourth-order valence-electron chi connectivity index (χ4n) is 3.37. The van der Waals surface area contributed by atoms with E-state index in [1.54, 1.807) is 25.1 Å². The minimum absolute atomic E-state index is 0.0767. The second kappa shape index (κ2) is 10.8. The Labute approximate surface area is 209 Å². The highest BCUT2D eigenvalue weighted by Gasteiger charge is 2.19. The van der Waals surface area contributed by atoms with Gasteiger partial charge in [0, 0.05) is 50.6 Å². The smallest absolute Gasteiger partial charge is 0.414 e. The Kier molecular flexibility index (Phi) is 8.22. The van der Waals surface area contributed by atoms with Gasteiger partial charge >= 0.3 is 11.7 Å². The number of benzene rings is 2. The number of hydrogen-bond donors (Lipinski definition) is 1. The molecule has 1 aromatic heterocycles. The first-order chi connectivity index (χ1) is 16.4. The van der Waals surface area contributed by atoms with Crippen molar-refractivity contribution in [2.24, 2.45) is 0 Å². The number of carbonyl (C=O) groups excluding carboxylic acids is 1. The first-order valence-electron chi connectivity index (χ1n) is 10.8. The lowest BCUT2D eigenvalue weighted by Crippen LogP contribution is -2.31. The van der Waals surface area contributed by atoms with Gasteiger partial charge in [0.15, 0.2) is 5.75 Å². The SMILES string of the molecule is Cc1c(Cc2cccc(S(=O)(=O)NCCN(C)C)c2)c(=O)oc2cc(OC(=O)N(C)C)c(Cl)cc12. The lowest BCUT2D eigenvalue weighted by atomic mass is 9.99. The van der Waals surface area contributed by atoms with Crippen molar-refractivity contribution >= 4 is 38.7 Å². The Morgan fingerprint density at radius 3 is 2.51 bits per heavy atom. The van der Waals surface area contributed by atoms with E-state index < -0.39 is 21.7 Å². The molecule has 0 radical (unpaired) electrons. The van der Waals surface area contributed by atoms with E-state index in [1.165, 1.54) is 37.2 Å². The highest BCUT2D eigenvalue weighted by molar-refractivity contribution is 7.89. The molecule has 0 aliphatic rings. The molecule has 11 heteroatoms. The van der Waals surface area contributed by atoms with Crippen molar-refractivity contribution < 1.29 is 22.4 Å². The molecule has 2 aromatic carbocycles. The zero-order chi connectivity index (χ0) is 25.9. The van der Waals surface area contributed by atoms with Crippen molar-refractivity contribution in [2.75, 3.05) is 41.3 Å². The van der Waals surface area contributed by atoms with Gasteiger partial charge in [0.25, 0.3) is 0 Å². The van der Waals surface area contributed by atoms with Crippen LogP contribution in [-0.4, -0.2) is 65.6 Å². The lowest BCUT2D eigenvalue weighted by molar-refractivity contribution is 0.172. The summed E-state index contributed by atoms with van der Waals surface area (Å²) in [5.74, 6) is 0.0767. The fraction of sp³-hybridized carbons (Fsp3) is 0.333. The van der Waals surface area contributed by atoms with Crippen molar-refractivity contribution in [2.45, 2.75) is 18.2 Å². The number of nitrogens with zero attached hydrogens (tertiary/aromatic N) is 2. The van der Waals surface area contributed by atoms with Gasteiger partial charge in [-0.15, -0.1) is 0 Å². The van der Waals surface area contributed by atoms with Crippen LogP contribution in [0.5, 0.6) is 5.75 Å². The molecule has 1 heterocycles. The zero-order valence-corrected chi connectivity index (χ0v) is 21.8. The van der Waals surface area contributed by atoms with Gasteiger partial charge in [-0.2, -0.15) is 0 Å². The Morgan fingerprint density at radius 2 is 1.86 bits per heavy atom. The van der Waals surface area contributed by atoms with E-state index in [-0.39, 0.29) is 34.2 Å². The monoisotopic (exact) mass is 521 g/mol. The number of carbonyl (C=O) groups is 1. The van der Waals surface area contributed by atoms with Crippen molar-refractivity contribution in [3.05, 3.63) is 68.5 Å². The second-order valence-electron chi connectivity index (χ2n) is 8.56. The third-order valence-electron chi connectivity index (χ3n) is 5.34. The van der Waals surface area contributed by atoms with Gasteiger partial charge in [0.05, 0.1) is 9.92 Å². The molecule has 1 amide bonds. The van der Waals surface area contributed by atoms with Gasteiger partial charge in [0.2, 0.25) is 10.0 Å². The van der Waals surface area contributed by atoms with Gasteiger partial charge in [-0.25, -0.2) is 22.7 Å². The van der Waals surface area contributed by atoms with E-state index in [2.05, 4.69) is 4.72 Å². The second-order valence-corrected chi connectivity index (χ2v) is 10.7. The summed E-state index contributed by atoms with van der Waals surface area (Å²) in [4.78, 5) is 27.9. The number of aryl methyl sites for hydroxylation is 1. The number of rotatable bonds is 8. The summed E-state index contributed by atoms with van der Waals surface area (Å²) in [7, 11) is 3.09. The summed E-state index contributed by atoms with van der Waals surface area (Å²) in [5, 5.41) is 0.774. The molecule has 0 saturated carbocycles. The topological polar surface area (TPSA) is 109 Å². The van der Waals surface area contributed by atoms with Crippen LogP contribution in [-0.2, 0) is 16.4 Å². The molecule has 0 spiro atoms. The molecule has 9 nitrogen and oxygen atoms in total. The summed E-state index contributed by atoms with van der Waals surface area (Å²) >= 11 is 6.32. The number of fused-ring (bicyclic) bond motifs is 1. The normalized spacial score (nSPS) is 11.7. The number of sulfonamides is 1. The van der Waals surface area contributed by atoms with Crippen molar-refractivity contribution in [3.8, 4) is 5.75 Å². The van der Waals surface area contributed by atoms with Gasteiger partial charge in [-0.05, 0) is 50.3 Å². The maximum absolute atomic E-state index is 12.8. The minimum atomic E-state index is -3.69. The van der Waals surface area contributed by atoms with E-state index in [0.29, 0.717) is 28.6 Å². The largest absolute Gasteiger partial charge is 0.422 e. The third-order valence-corrected chi connectivity index (χ3v) is 7.10. The van der Waals surface area contributed by atoms with Crippen molar-refractivity contribution in [1.29, 1.82) is 0 Å². The van der Waals surface area contributed by atoms with Crippen LogP contribution in [0.3, 0.4) is 0 Å². The fourth-order valence-corrected chi connectivity index (χ4v) is 4.66. The van der Waals surface area contributed by atoms with Crippen LogP contribution in [0.1, 0.15) is 16.7 Å². The molecule has 1 N–H and O–H groups in total. The van der Waals surface area contributed by atoms with Crippen molar-refractivity contribution in [3.63, 3.8) is 0 Å². The van der Waals surface area contributed by atoms with E-state index in [4.69, 9.17) is 20.8 Å². The summed E-state index contributed by atoms with van der Waals surface area (Å²) in [5.41, 5.74) is 1.31. The molecule has 0 bridgehead atoms. The molecule has 0 fully saturated rings. The molecule has 3 aromatic rings.